The zero-order chi connectivity index (χ0) is 20.4. The molecule has 1 aliphatic heterocycles. The van der Waals surface area contributed by atoms with Crippen molar-refractivity contribution in [3.05, 3.63) is 64.5 Å². The lowest BCUT2D eigenvalue weighted by atomic mass is 9.83. The third-order valence-corrected chi connectivity index (χ3v) is 6.17. The summed E-state index contributed by atoms with van der Waals surface area (Å²) < 4.78 is 11.2. The Bertz CT molecular complexity index is 1010. The molecule has 0 aliphatic carbocycles. The van der Waals surface area contributed by atoms with E-state index in [9.17, 15) is 4.79 Å². The van der Waals surface area contributed by atoms with Crippen molar-refractivity contribution < 1.29 is 14.3 Å². The van der Waals surface area contributed by atoms with Crippen LogP contribution in [0.1, 0.15) is 37.4 Å². The zero-order valence-electron chi connectivity index (χ0n) is 16.8. The first-order valence-electron chi connectivity index (χ1n) is 9.67. The molecule has 0 fully saturated rings. The zero-order valence-corrected chi connectivity index (χ0v) is 17.6. The highest BCUT2D eigenvalue weighted by Gasteiger charge is 2.32. The molecule has 150 valence electrons. The molecule has 5 nitrogen and oxygen atoms in total. The normalized spacial score (nSPS) is 14.3. The number of aromatic nitrogens is 1. The minimum absolute atomic E-state index is 0.0573. The average Bonchev–Trinajstić information content (AvgIpc) is 3.24. The van der Waals surface area contributed by atoms with Crippen LogP contribution in [0.5, 0.6) is 11.5 Å². The van der Waals surface area contributed by atoms with Crippen LogP contribution in [0.2, 0.25) is 0 Å². The van der Waals surface area contributed by atoms with Crippen molar-refractivity contribution in [1.29, 1.82) is 0 Å². The summed E-state index contributed by atoms with van der Waals surface area (Å²) in [6, 6.07) is 15.6. The molecule has 1 atom stereocenters. The van der Waals surface area contributed by atoms with Crippen LogP contribution in [-0.4, -0.2) is 24.1 Å². The summed E-state index contributed by atoms with van der Waals surface area (Å²) in [5.41, 5.74) is 2.17. The predicted octanol–water partition coefficient (Wildman–Crippen LogP) is 4.74. The van der Waals surface area contributed by atoms with Gasteiger partial charge in [-0.1, -0.05) is 36.4 Å². The Balaban J connectivity index is 1.49. The molecule has 1 aliphatic rings. The number of amides is 1. The lowest BCUT2D eigenvalue weighted by Crippen LogP contribution is -2.41. The van der Waals surface area contributed by atoms with Crippen LogP contribution in [0.15, 0.2) is 53.9 Å². The van der Waals surface area contributed by atoms with Crippen molar-refractivity contribution in [2.24, 2.45) is 0 Å². The third-order valence-electron chi connectivity index (χ3n) is 5.14. The maximum absolute atomic E-state index is 13.1. The molecule has 1 unspecified atom stereocenters. The Morgan fingerprint density at radius 2 is 1.83 bits per heavy atom. The molecule has 3 aromatic rings. The molecule has 2 aromatic carbocycles. The second kappa shape index (κ2) is 7.87. The Morgan fingerprint density at radius 3 is 2.59 bits per heavy atom. The van der Waals surface area contributed by atoms with E-state index in [1.54, 1.807) is 11.3 Å². The number of fused-ring (bicyclic) bond motifs is 1. The molecule has 0 spiro atoms. The summed E-state index contributed by atoms with van der Waals surface area (Å²) >= 11 is 1.56. The maximum atomic E-state index is 13.1. The highest BCUT2D eigenvalue weighted by Crippen LogP contribution is 2.35. The molecule has 0 saturated heterocycles. The quantitative estimate of drug-likeness (QED) is 0.663. The molecule has 2 heterocycles. The number of nitrogens with zero attached hydrogens (tertiary/aromatic N) is 1. The van der Waals surface area contributed by atoms with Crippen LogP contribution >= 0.6 is 11.3 Å². The smallest absolute Gasteiger partial charge is 0.230 e. The van der Waals surface area contributed by atoms with E-state index >= 15 is 0 Å². The minimum Gasteiger partial charge on any atom is -0.486 e. The van der Waals surface area contributed by atoms with Gasteiger partial charge in [0, 0.05) is 10.9 Å². The summed E-state index contributed by atoms with van der Waals surface area (Å²) in [7, 11) is 0. The van der Waals surface area contributed by atoms with Gasteiger partial charge < -0.3 is 14.8 Å². The fourth-order valence-electron chi connectivity index (χ4n) is 3.23. The number of ether oxygens (including phenoxy) is 2. The Labute approximate surface area is 174 Å². The lowest BCUT2D eigenvalue weighted by Gasteiger charge is -2.27. The Morgan fingerprint density at radius 1 is 1.10 bits per heavy atom. The van der Waals surface area contributed by atoms with Crippen molar-refractivity contribution in [3.8, 4) is 22.8 Å². The van der Waals surface area contributed by atoms with Crippen LogP contribution < -0.4 is 14.8 Å². The van der Waals surface area contributed by atoms with E-state index in [1.165, 1.54) is 0 Å². The fraction of sp³-hybridized carbons (Fsp3) is 0.304. The molecule has 0 saturated carbocycles. The van der Waals surface area contributed by atoms with E-state index in [0.29, 0.717) is 19.0 Å². The molecule has 29 heavy (non-hydrogen) atoms. The second-order valence-corrected chi connectivity index (χ2v) is 8.51. The summed E-state index contributed by atoms with van der Waals surface area (Å²) in [6.45, 7) is 6.86. The monoisotopic (exact) mass is 408 g/mol. The number of hydrogen-bond acceptors (Lipinski definition) is 5. The van der Waals surface area contributed by atoms with Crippen LogP contribution in [0.4, 0.5) is 0 Å². The van der Waals surface area contributed by atoms with Crippen molar-refractivity contribution >= 4 is 17.2 Å². The van der Waals surface area contributed by atoms with E-state index in [-0.39, 0.29) is 11.9 Å². The van der Waals surface area contributed by atoms with E-state index in [0.717, 1.165) is 27.6 Å². The predicted molar refractivity (Wildman–Crippen MR) is 115 cm³/mol. The highest BCUT2D eigenvalue weighted by molar-refractivity contribution is 7.10. The van der Waals surface area contributed by atoms with Gasteiger partial charge in [0.05, 0.1) is 17.2 Å². The number of carbonyl (C=O) groups excluding carboxylic acids is 1. The van der Waals surface area contributed by atoms with Crippen molar-refractivity contribution in [2.75, 3.05) is 13.2 Å². The average molecular weight is 409 g/mol. The van der Waals surface area contributed by atoms with E-state index < -0.39 is 5.41 Å². The molecule has 1 N–H and O–H groups in total. The van der Waals surface area contributed by atoms with E-state index in [4.69, 9.17) is 14.5 Å². The molecular formula is C23H24N2O3S. The van der Waals surface area contributed by atoms with Crippen LogP contribution in [0.3, 0.4) is 0 Å². The number of rotatable bonds is 5. The van der Waals surface area contributed by atoms with Crippen LogP contribution in [0, 0.1) is 0 Å². The molecule has 0 radical (unpaired) electrons. The summed E-state index contributed by atoms with van der Waals surface area (Å²) in [5, 5.41) is 6.03. The van der Waals surface area contributed by atoms with Crippen molar-refractivity contribution in [3.63, 3.8) is 0 Å². The summed E-state index contributed by atoms with van der Waals surface area (Å²) in [5.74, 6) is 1.36. The Hall–Kier alpha value is -2.86. The molecular weight excluding hydrogens is 384 g/mol. The maximum Gasteiger partial charge on any atom is 0.230 e. The van der Waals surface area contributed by atoms with Gasteiger partial charge >= 0.3 is 0 Å². The SMILES string of the molecule is CC(NC(=O)C(C)(C)c1ccc2c(c1)OCCO2)c1nc(-c2ccccc2)cs1. The van der Waals surface area contributed by atoms with Gasteiger partial charge in [0.25, 0.3) is 0 Å². The molecule has 6 heteroatoms. The Kier molecular flexibility index (Phi) is 5.28. The van der Waals surface area contributed by atoms with Crippen LogP contribution in [0.25, 0.3) is 11.3 Å². The molecule has 1 aromatic heterocycles. The number of hydrogen-bond donors (Lipinski definition) is 1. The van der Waals surface area contributed by atoms with Crippen LogP contribution in [-0.2, 0) is 10.2 Å². The fourth-order valence-corrected chi connectivity index (χ4v) is 4.07. The van der Waals surface area contributed by atoms with Crippen molar-refractivity contribution in [1.82, 2.24) is 10.3 Å². The first-order chi connectivity index (χ1) is 13.9. The lowest BCUT2D eigenvalue weighted by molar-refractivity contribution is -0.126. The molecule has 1 amide bonds. The van der Waals surface area contributed by atoms with Gasteiger partial charge in [-0.15, -0.1) is 11.3 Å². The second-order valence-electron chi connectivity index (χ2n) is 7.62. The van der Waals surface area contributed by atoms with Gasteiger partial charge in [0.1, 0.15) is 18.2 Å². The van der Waals surface area contributed by atoms with Gasteiger partial charge in [0.2, 0.25) is 5.91 Å². The minimum atomic E-state index is -0.719. The molecule has 0 bridgehead atoms. The highest BCUT2D eigenvalue weighted by atomic mass is 32.1. The first-order valence-corrected chi connectivity index (χ1v) is 10.5. The topological polar surface area (TPSA) is 60.5 Å². The third kappa shape index (κ3) is 3.98. The first kappa shape index (κ1) is 19.5. The van der Waals surface area contributed by atoms with Gasteiger partial charge in [-0.25, -0.2) is 4.98 Å². The largest absolute Gasteiger partial charge is 0.486 e. The number of benzene rings is 2. The number of carbonyl (C=O) groups is 1. The van der Waals surface area contributed by atoms with E-state index in [1.807, 2.05) is 74.7 Å². The van der Waals surface area contributed by atoms with E-state index in [2.05, 4.69) is 5.32 Å². The summed E-state index contributed by atoms with van der Waals surface area (Å²) in [4.78, 5) is 17.8. The van der Waals surface area contributed by atoms with Gasteiger partial charge in [0.15, 0.2) is 11.5 Å². The van der Waals surface area contributed by atoms with Gasteiger partial charge in [-0.2, -0.15) is 0 Å². The van der Waals surface area contributed by atoms with Gasteiger partial charge in [-0.3, -0.25) is 4.79 Å². The standard InChI is InChI=1S/C23H24N2O3S/c1-15(21-25-18(14-29-21)16-7-5-4-6-8-16)24-22(26)23(2,3)17-9-10-19-20(13-17)28-12-11-27-19/h4-10,13-15H,11-12H2,1-3H3,(H,24,26). The van der Waals surface area contributed by atoms with Crippen molar-refractivity contribution in [2.45, 2.75) is 32.2 Å². The summed E-state index contributed by atoms with van der Waals surface area (Å²) in [6.07, 6.45) is 0. The molecule has 4 rings (SSSR count). The van der Waals surface area contributed by atoms with Gasteiger partial charge in [-0.05, 0) is 38.5 Å². The number of nitrogens with one attached hydrogen (secondary N) is 1. The number of thiazole rings is 1.